The maximum Gasteiger partial charge on any atom is 0.262 e. The second-order valence-corrected chi connectivity index (χ2v) is 14.0. The number of hydrogen-bond acceptors (Lipinski definition) is 4. The largest absolute Gasteiger partial charge is 0.458 e. The molecule has 9 aromatic carbocycles. The molecular formula is C48H28BNO3. The van der Waals surface area contributed by atoms with Gasteiger partial charge in [0.25, 0.3) is 6.71 Å². The van der Waals surface area contributed by atoms with Crippen molar-refractivity contribution in [3.8, 4) is 23.0 Å². The Labute approximate surface area is 305 Å². The molecule has 0 N–H and O–H groups in total. The normalized spacial score (nSPS) is 12.8. The van der Waals surface area contributed by atoms with E-state index in [4.69, 9.17) is 13.9 Å². The molecule has 53 heavy (non-hydrogen) atoms. The summed E-state index contributed by atoms with van der Waals surface area (Å²) in [5, 5.41) is 8.86. The average molecular weight is 678 g/mol. The van der Waals surface area contributed by atoms with Gasteiger partial charge in [-0.05, 0) is 105 Å². The summed E-state index contributed by atoms with van der Waals surface area (Å²) in [7, 11) is 0. The van der Waals surface area contributed by atoms with Crippen LogP contribution >= 0.6 is 0 Å². The van der Waals surface area contributed by atoms with Crippen molar-refractivity contribution in [2.24, 2.45) is 0 Å². The molecule has 4 nitrogen and oxygen atoms in total. The topological polar surface area (TPSA) is 34.8 Å². The Balaban J connectivity index is 1.10. The summed E-state index contributed by atoms with van der Waals surface area (Å²) >= 11 is 0. The fraction of sp³-hybridized carbons (Fsp3) is 0. The van der Waals surface area contributed by atoms with Crippen LogP contribution in [-0.4, -0.2) is 6.71 Å². The minimum atomic E-state index is -0.108. The molecule has 0 saturated carbocycles. The number of anilines is 3. The molecule has 0 fully saturated rings. The molecule has 10 aromatic rings. The summed E-state index contributed by atoms with van der Waals surface area (Å²) in [5.41, 5.74) is 8.17. The number of benzene rings is 9. The van der Waals surface area contributed by atoms with Crippen LogP contribution in [0.4, 0.5) is 17.1 Å². The van der Waals surface area contributed by atoms with Crippen LogP contribution in [0.25, 0.3) is 54.3 Å². The highest BCUT2D eigenvalue weighted by molar-refractivity contribution is 7.01. The van der Waals surface area contributed by atoms with Gasteiger partial charge in [0, 0.05) is 38.7 Å². The van der Waals surface area contributed by atoms with E-state index >= 15 is 0 Å². The lowest BCUT2D eigenvalue weighted by molar-refractivity contribution is 0.462. The van der Waals surface area contributed by atoms with Gasteiger partial charge in [0.2, 0.25) is 0 Å². The third kappa shape index (κ3) is 4.07. The first-order valence-electron chi connectivity index (χ1n) is 18.0. The van der Waals surface area contributed by atoms with Crippen molar-refractivity contribution < 1.29 is 13.9 Å². The molecule has 2 aliphatic heterocycles. The van der Waals surface area contributed by atoms with Crippen LogP contribution < -0.4 is 30.8 Å². The molecule has 12 rings (SSSR count). The van der Waals surface area contributed by atoms with Gasteiger partial charge in [-0.1, -0.05) is 103 Å². The fourth-order valence-corrected chi connectivity index (χ4v) is 8.83. The maximum absolute atomic E-state index is 6.99. The quantitative estimate of drug-likeness (QED) is 0.174. The summed E-state index contributed by atoms with van der Waals surface area (Å²) in [6.07, 6.45) is 0. The number of hydrogen-bond donors (Lipinski definition) is 0. The van der Waals surface area contributed by atoms with Gasteiger partial charge in [0.15, 0.2) is 11.3 Å². The van der Waals surface area contributed by atoms with Crippen LogP contribution in [0.3, 0.4) is 0 Å². The molecule has 5 heteroatoms. The number of para-hydroxylation sites is 2. The first kappa shape index (κ1) is 28.7. The molecule has 3 heterocycles. The molecule has 2 aliphatic rings. The third-order valence-electron chi connectivity index (χ3n) is 11.1. The highest BCUT2D eigenvalue weighted by Crippen LogP contribution is 2.46. The van der Waals surface area contributed by atoms with Gasteiger partial charge in [-0.3, -0.25) is 0 Å². The first-order chi connectivity index (χ1) is 26.3. The Morgan fingerprint density at radius 1 is 0.358 bits per heavy atom. The van der Waals surface area contributed by atoms with Gasteiger partial charge >= 0.3 is 0 Å². The summed E-state index contributed by atoms with van der Waals surface area (Å²) in [6, 6.07) is 59.9. The Hall–Kier alpha value is -6.98. The summed E-state index contributed by atoms with van der Waals surface area (Å²) < 4.78 is 20.8. The second kappa shape index (κ2) is 10.8. The lowest BCUT2D eigenvalue weighted by Gasteiger charge is -2.34. The second-order valence-electron chi connectivity index (χ2n) is 14.0. The molecular weight excluding hydrogens is 649 g/mol. The molecule has 0 amide bonds. The van der Waals surface area contributed by atoms with Crippen molar-refractivity contribution in [3.63, 3.8) is 0 Å². The maximum atomic E-state index is 6.99. The van der Waals surface area contributed by atoms with E-state index in [2.05, 4.69) is 175 Å². The van der Waals surface area contributed by atoms with Crippen LogP contribution in [0.1, 0.15) is 0 Å². The van der Waals surface area contributed by atoms with Crippen molar-refractivity contribution in [2.45, 2.75) is 0 Å². The molecule has 0 bridgehead atoms. The first-order valence-corrected chi connectivity index (χ1v) is 18.0. The van der Waals surface area contributed by atoms with E-state index in [0.717, 1.165) is 89.2 Å². The highest BCUT2D eigenvalue weighted by Gasteiger charge is 2.44. The highest BCUT2D eigenvalue weighted by atomic mass is 16.5. The van der Waals surface area contributed by atoms with Crippen LogP contribution in [-0.2, 0) is 0 Å². The Kier molecular flexibility index (Phi) is 5.83. The van der Waals surface area contributed by atoms with Crippen molar-refractivity contribution in [1.29, 1.82) is 0 Å². The van der Waals surface area contributed by atoms with E-state index in [1.54, 1.807) is 0 Å². The molecule has 0 unspecified atom stereocenters. The number of fused-ring (bicyclic) bond motifs is 14. The molecule has 1 aromatic heterocycles. The Morgan fingerprint density at radius 3 is 1.62 bits per heavy atom. The standard InChI is InChI=1S/C48H28BNO3/c1-3-13-32(14-4-1)50(33-15-5-2-6-16-33)34-22-24-37-31(27-34)19-23-38-39-28-42-45-48(47(39)53-46(37)38)52-41-26-21-30-12-8-10-18-36(30)44(41)49(45)43-35-17-9-7-11-29(35)20-25-40(43)51-42/h1-28H. The Bertz CT molecular complexity index is 3050. The van der Waals surface area contributed by atoms with Crippen molar-refractivity contribution >= 4 is 94.4 Å². The van der Waals surface area contributed by atoms with Crippen LogP contribution in [0.5, 0.6) is 23.0 Å². The predicted octanol–water partition coefficient (Wildman–Crippen LogP) is 11.2. The summed E-state index contributed by atoms with van der Waals surface area (Å²) in [5.74, 6) is 3.25. The number of ether oxygens (including phenoxy) is 2. The van der Waals surface area contributed by atoms with Gasteiger partial charge in [-0.2, -0.15) is 0 Å². The minimum absolute atomic E-state index is 0.108. The average Bonchev–Trinajstić information content (AvgIpc) is 3.60. The minimum Gasteiger partial charge on any atom is -0.458 e. The zero-order chi connectivity index (χ0) is 34.6. The summed E-state index contributed by atoms with van der Waals surface area (Å²) in [6.45, 7) is -0.108. The van der Waals surface area contributed by atoms with Gasteiger partial charge in [0.1, 0.15) is 22.8 Å². The molecule has 0 aliphatic carbocycles. The SMILES string of the molecule is c1ccc(N(c2ccccc2)c2ccc3c(ccc4c5cc6c7c(c5oc34)Oc3ccc4ccccc4c3B7c3c(ccc4ccccc34)O6)c2)cc1. The van der Waals surface area contributed by atoms with E-state index < -0.39 is 0 Å². The lowest BCUT2D eigenvalue weighted by Crippen LogP contribution is -2.57. The zero-order valence-electron chi connectivity index (χ0n) is 28.4. The smallest absolute Gasteiger partial charge is 0.262 e. The van der Waals surface area contributed by atoms with Crippen LogP contribution in [0.15, 0.2) is 174 Å². The van der Waals surface area contributed by atoms with E-state index in [0.29, 0.717) is 0 Å². The zero-order valence-corrected chi connectivity index (χ0v) is 28.4. The van der Waals surface area contributed by atoms with E-state index in [1.165, 1.54) is 21.5 Å². The predicted molar refractivity (Wildman–Crippen MR) is 219 cm³/mol. The number of furan rings is 1. The van der Waals surface area contributed by atoms with Gasteiger partial charge < -0.3 is 18.8 Å². The van der Waals surface area contributed by atoms with E-state index in [-0.39, 0.29) is 6.71 Å². The molecule has 0 radical (unpaired) electrons. The van der Waals surface area contributed by atoms with Crippen LogP contribution in [0.2, 0.25) is 0 Å². The van der Waals surface area contributed by atoms with Gasteiger partial charge in [-0.25, -0.2) is 0 Å². The third-order valence-corrected chi connectivity index (χ3v) is 11.1. The molecule has 0 spiro atoms. The van der Waals surface area contributed by atoms with Crippen molar-refractivity contribution in [1.82, 2.24) is 0 Å². The number of rotatable bonds is 3. The van der Waals surface area contributed by atoms with Crippen LogP contribution in [0, 0.1) is 0 Å². The number of nitrogens with zero attached hydrogens (tertiary/aromatic N) is 1. The molecule has 0 saturated heterocycles. The van der Waals surface area contributed by atoms with E-state index in [1.807, 2.05) is 0 Å². The lowest BCUT2D eigenvalue weighted by atomic mass is 9.33. The fourth-order valence-electron chi connectivity index (χ4n) is 8.83. The Morgan fingerprint density at radius 2 is 0.943 bits per heavy atom. The van der Waals surface area contributed by atoms with Gasteiger partial charge in [-0.15, -0.1) is 0 Å². The monoisotopic (exact) mass is 677 g/mol. The van der Waals surface area contributed by atoms with Crippen molar-refractivity contribution in [2.75, 3.05) is 4.90 Å². The van der Waals surface area contributed by atoms with E-state index in [9.17, 15) is 0 Å². The molecule has 0 atom stereocenters. The molecule has 246 valence electrons. The van der Waals surface area contributed by atoms with Gasteiger partial charge in [0.05, 0.1) is 0 Å². The van der Waals surface area contributed by atoms with Crippen molar-refractivity contribution in [3.05, 3.63) is 170 Å². The summed E-state index contributed by atoms with van der Waals surface area (Å²) in [4.78, 5) is 2.29.